The van der Waals surface area contributed by atoms with Gasteiger partial charge in [0.25, 0.3) is 0 Å². The highest BCUT2D eigenvalue weighted by atomic mass is 32.2. The molecule has 0 amide bonds. The van der Waals surface area contributed by atoms with Crippen LogP contribution in [0.4, 0.5) is 0 Å². The standard InChI is InChI=1S/C8H16N2O.C4H8O2S/c1-3-9-4-5-10(8-9)6-7-11-2;1-7-3-2-4(5)6/h4-5H,3,6-8H2,1-2H3;2-3H2,1H3,(H,5,6). The van der Waals surface area contributed by atoms with Crippen molar-refractivity contribution in [3.8, 4) is 0 Å². The van der Waals surface area contributed by atoms with Crippen LogP contribution < -0.4 is 0 Å². The monoisotopic (exact) mass is 276 g/mol. The lowest BCUT2D eigenvalue weighted by Crippen LogP contribution is -2.27. The van der Waals surface area contributed by atoms with Crippen molar-refractivity contribution in [1.82, 2.24) is 9.80 Å². The molecule has 0 radical (unpaired) electrons. The first kappa shape index (κ1) is 17.1. The van der Waals surface area contributed by atoms with Gasteiger partial charge in [0.1, 0.15) is 0 Å². The molecule has 1 N–H and O–H groups in total. The summed E-state index contributed by atoms with van der Waals surface area (Å²) in [6.45, 7) is 6.05. The van der Waals surface area contributed by atoms with Gasteiger partial charge in [0.15, 0.2) is 0 Å². The molecule has 0 saturated heterocycles. The Morgan fingerprint density at radius 2 is 2.11 bits per heavy atom. The summed E-state index contributed by atoms with van der Waals surface area (Å²) < 4.78 is 4.98. The number of nitrogens with zero attached hydrogens (tertiary/aromatic N) is 2. The predicted octanol–water partition coefficient (Wildman–Crippen LogP) is 1.52. The number of thioether (sulfide) groups is 1. The molecule has 1 aliphatic rings. The van der Waals surface area contributed by atoms with Crippen LogP contribution in [0.15, 0.2) is 12.4 Å². The first-order valence-electron chi connectivity index (χ1n) is 6.00. The number of rotatable bonds is 7. The molecule has 0 fully saturated rings. The Balaban J connectivity index is 0.000000360. The van der Waals surface area contributed by atoms with Crippen LogP contribution in [0, 0.1) is 0 Å². The van der Waals surface area contributed by atoms with Crippen molar-refractivity contribution in [3.05, 3.63) is 12.4 Å². The third kappa shape index (κ3) is 9.18. The molecule has 6 heteroatoms. The molecule has 0 bridgehead atoms. The number of ether oxygens (including phenoxy) is 1. The maximum absolute atomic E-state index is 9.74. The van der Waals surface area contributed by atoms with E-state index in [9.17, 15) is 4.79 Å². The second-order valence-corrected chi connectivity index (χ2v) is 4.77. The number of carboxylic acid groups (broad SMARTS) is 1. The highest BCUT2D eigenvalue weighted by molar-refractivity contribution is 7.98. The fourth-order valence-electron chi connectivity index (χ4n) is 1.26. The van der Waals surface area contributed by atoms with Crippen molar-refractivity contribution >= 4 is 17.7 Å². The molecule has 0 unspecified atom stereocenters. The zero-order valence-corrected chi connectivity index (χ0v) is 12.3. The Labute approximate surface area is 114 Å². The summed E-state index contributed by atoms with van der Waals surface area (Å²) in [4.78, 5) is 14.2. The molecule has 1 rings (SSSR count). The summed E-state index contributed by atoms with van der Waals surface area (Å²) in [6, 6.07) is 0. The van der Waals surface area contributed by atoms with Gasteiger partial charge in [-0.15, -0.1) is 0 Å². The molecule has 0 aromatic rings. The third-order valence-corrected chi connectivity index (χ3v) is 2.97. The van der Waals surface area contributed by atoms with E-state index in [0.29, 0.717) is 0 Å². The smallest absolute Gasteiger partial charge is 0.304 e. The first-order valence-corrected chi connectivity index (χ1v) is 7.39. The zero-order valence-electron chi connectivity index (χ0n) is 11.5. The van der Waals surface area contributed by atoms with E-state index in [1.54, 1.807) is 18.9 Å². The normalized spacial score (nSPS) is 13.5. The van der Waals surface area contributed by atoms with E-state index in [2.05, 4.69) is 29.1 Å². The molecule has 18 heavy (non-hydrogen) atoms. The van der Waals surface area contributed by atoms with Gasteiger partial charge in [-0.3, -0.25) is 4.79 Å². The van der Waals surface area contributed by atoms with Crippen molar-refractivity contribution in [2.45, 2.75) is 13.3 Å². The molecular formula is C12H24N2O3S. The van der Waals surface area contributed by atoms with Crippen LogP contribution in [0.2, 0.25) is 0 Å². The van der Waals surface area contributed by atoms with Crippen molar-refractivity contribution in [3.63, 3.8) is 0 Å². The zero-order chi connectivity index (χ0) is 13.8. The molecule has 1 heterocycles. The number of carbonyl (C=O) groups is 1. The van der Waals surface area contributed by atoms with Crippen molar-refractivity contribution < 1.29 is 14.6 Å². The van der Waals surface area contributed by atoms with Crippen LogP contribution in [0.5, 0.6) is 0 Å². The van der Waals surface area contributed by atoms with Gasteiger partial charge in [-0.1, -0.05) is 0 Å². The Bertz CT molecular complexity index is 249. The van der Waals surface area contributed by atoms with Crippen molar-refractivity contribution in [2.24, 2.45) is 0 Å². The lowest BCUT2D eigenvalue weighted by Gasteiger charge is -2.19. The Morgan fingerprint density at radius 3 is 2.50 bits per heavy atom. The topological polar surface area (TPSA) is 53.0 Å². The summed E-state index contributed by atoms with van der Waals surface area (Å²) in [7, 11) is 1.73. The highest BCUT2D eigenvalue weighted by Gasteiger charge is 2.08. The Hall–Kier alpha value is -0.880. The lowest BCUT2D eigenvalue weighted by molar-refractivity contribution is -0.136. The molecule has 0 saturated carbocycles. The minimum Gasteiger partial charge on any atom is -0.481 e. The van der Waals surface area contributed by atoms with E-state index < -0.39 is 5.97 Å². The number of carboxylic acids is 1. The SMILES string of the molecule is CCN1C=CN(CCOC)C1.CSCCC(=O)O. The van der Waals surface area contributed by atoms with E-state index in [0.717, 1.165) is 32.1 Å². The number of aliphatic carboxylic acids is 1. The maximum atomic E-state index is 9.74. The second-order valence-electron chi connectivity index (χ2n) is 3.79. The molecule has 0 aliphatic carbocycles. The van der Waals surface area contributed by atoms with Crippen LogP contribution in [0.1, 0.15) is 13.3 Å². The Kier molecular flexibility index (Phi) is 10.7. The van der Waals surface area contributed by atoms with Crippen LogP contribution in [0.3, 0.4) is 0 Å². The quantitative estimate of drug-likeness (QED) is 0.761. The highest BCUT2D eigenvalue weighted by Crippen LogP contribution is 2.04. The van der Waals surface area contributed by atoms with Gasteiger partial charge in [0.05, 0.1) is 19.7 Å². The molecule has 106 valence electrons. The second kappa shape index (κ2) is 11.2. The average Bonchev–Trinajstić information content (AvgIpc) is 2.82. The molecule has 0 aromatic heterocycles. The molecular weight excluding hydrogens is 252 g/mol. The summed E-state index contributed by atoms with van der Waals surface area (Å²) in [5, 5.41) is 8.03. The lowest BCUT2D eigenvalue weighted by atomic mass is 10.5. The average molecular weight is 276 g/mol. The van der Waals surface area contributed by atoms with Gasteiger partial charge < -0.3 is 19.6 Å². The van der Waals surface area contributed by atoms with E-state index in [-0.39, 0.29) is 6.42 Å². The van der Waals surface area contributed by atoms with Gasteiger partial charge in [0.2, 0.25) is 0 Å². The third-order valence-electron chi connectivity index (χ3n) is 2.36. The van der Waals surface area contributed by atoms with Gasteiger partial charge in [-0.05, 0) is 13.2 Å². The van der Waals surface area contributed by atoms with Gasteiger partial charge in [-0.25, -0.2) is 0 Å². The van der Waals surface area contributed by atoms with Gasteiger partial charge in [-0.2, -0.15) is 11.8 Å². The molecule has 5 nitrogen and oxygen atoms in total. The summed E-state index contributed by atoms with van der Waals surface area (Å²) in [6.07, 6.45) is 6.41. The van der Waals surface area contributed by atoms with Crippen LogP contribution in [0.25, 0.3) is 0 Å². The Morgan fingerprint density at radius 1 is 1.44 bits per heavy atom. The van der Waals surface area contributed by atoms with Crippen LogP contribution in [-0.2, 0) is 9.53 Å². The maximum Gasteiger partial charge on any atom is 0.304 e. The largest absolute Gasteiger partial charge is 0.481 e. The summed E-state index contributed by atoms with van der Waals surface area (Å²) in [5.41, 5.74) is 0. The number of hydrogen-bond donors (Lipinski definition) is 1. The predicted molar refractivity (Wildman–Crippen MR) is 75.6 cm³/mol. The summed E-state index contributed by atoms with van der Waals surface area (Å²) >= 11 is 1.55. The van der Waals surface area contributed by atoms with Crippen molar-refractivity contribution in [1.29, 1.82) is 0 Å². The minimum absolute atomic E-state index is 0.279. The fourth-order valence-corrected chi connectivity index (χ4v) is 1.64. The van der Waals surface area contributed by atoms with E-state index in [1.165, 1.54) is 0 Å². The first-order chi connectivity index (χ1) is 8.63. The van der Waals surface area contributed by atoms with E-state index >= 15 is 0 Å². The van der Waals surface area contributed by atoms with E-state index in [1.807, 2.05) is 6.26 Å². The number of methoxy groups -OCH3 is 1. The van der Waals surface area contributed by atoms with Crippen molar-refractivity contribution in [2.75, 3.05) is 45.5 Å². The minimum atomic E-state index is -0.714. The van der Waals surface area contributed by atoms with Gasteiger partial charge in [0, 0.05) is 38.4 Å². The van der Waals surface area contributed by atoms with Crippen LogP contribution >= 0.6 is 11.8 Å². The summed E-state index contributed by atoms with van der Waals surface area (Å²) in [5.74, 6) is 0.00403. The van der Waals surface area contributed by atoms with Gasteiger partial charge >= 0.3 is 5.97 Å². The van der Waals surface area contributed by atoms with Crippen LogP contribution in [-0.4, -0.2) is 66.4 Å². The molecule has 1 aliphatic heterocycles. The van der Waals surface area contributed by atoms with E-state index in [4.69, 9.17) is 9.84 Å². The molecule has 0 aromatic carbocycles. The fraction of sp³-hybridized carbons (Fsp3) is 0.750. The number of hydrogen-bond acceptors (Lipinski definition) is 5. The molecule has 0 atom stereocenters. The molecule has 0 spiro atoms.